The second-order valence-corrected chi connectivity index (χ2v) is 4.99. The van der Waals surface area contributed by atoms with Gasteiger partial charge in [-0.1, -0.05) is 0 Å². The Morgan fingerprint density at radius 1 is 1.41 bits per heavy atom. The van der Waals surface area contributed by atoms with Crippen LogP contribution in [0.15, 0.2) is 18.5 Å². The number of anilines is 2. The second kappa shape index (κ2) is 5.93. The van der Waals surface area contributed by atoms with Crippen molar-refractivity contribution in [2.45, 2.75) is 6.10 Å². The van der Waals surface area contributed by atoms with E-state index in [4.69, 9.17) is 5.73 Å². The third-order valence-corrected chi connectivity index (χ3v) is 3.37. The Balaban J connectivity index is 1.74. The number of hydrogen-bond donors (Lipinski definition) is 3. The molecule has 1 aliphatic heterocycles. The largest absolute Gasteiger partial charge is 0.389 e. The van der Waals surface area contributed by atoms with Crippen molar-refractivity contribution in [1.82, 2.24) is 30.3 Å². The number of aliphatic hydroxyl groups is 1. The number of nitrogens with two attached hydrogens (primary N) is 1. The van der Waals surface area contributed by atoms with Gasteiger partial charge in [-0.25, -0.2) is 4.98 Å². The number of aromatic amines is 1. The summed E-state index contributed by atoms with van der Waals surface area (Å²) in [5.74, 6) is 0.525. The van der Waals surface area contributed by atoms with Crippen molar-refractivity contribution in [3.05, 3.63) is 24.2 Å². The summed E-state index contributed by atoms with van der Waals surface area (Å²) in [7, 11) is 0. The molecule has 4 N–H and O–H groups in total. The molecule has 1 atom stereocenters. The predicted octanol–water partition coefficient (Wildman–Crippen LogP) is -1.50. The van der Waals surface area contributed by atoms with Gasteiger partial charge in [-0.15, -0.1) is 0 Å². The van der Waals surface area contributed by atoms with Gasteiger partial charge in [0.25, 0.3) is 5.91 Å². The van der Waals surface area contributed by atoms with Crippen LogP contribution in [0.2, 0.25) is 0 Å². The van der Waals surface area contributed by atoms with E-state index >= 15 is 0 Å². The van der Waals surface area contributed by atoms with Gasteiger partial charge >= 0.3 is 0 Å². The van der Waals surface area contributed by atoms with Crippen LogP contribution in [0.1, 0.15) is 10.5 Å². The van der Waals surface area contributed by atoms with Gasteiger partial charge < -0.3 is 20.6 Å². The van der Waals surface area contributed by atoms with E-state index in [2.05, 4.69) is 25.4 Å². The van der Waals surface area contributed by atoms with E-state index in [-0.39, 0.29) is 18.1 Å². The monoisotopic (exact) mass is 304 g/mol. The summed E-state index contributed by atoms with van der Waals surface area (Å²) in [5.41, 5.74) is 5.88. The van der Waals surface area contributed by atoms with Gasteiger partial charge in [-0.2, -0.15) is 20.4 Å². The number of nitrogen functional groups attached to an aromatic ring is 1. The average Bonchev–Trinajstić information content (AvgIpc) is 2.96. The standard InChI is InChI=1S/C12H16N8O2/c13-10-1-2-14-12(16-10)20-4-3-19(6-8(21)7-20)11(22)9-5-15-18-17-9/h1-2,5,8,21H,3-4,6-7H2,(H2,13,14,16)(H,15,17,18)/t8-/m0/s1. The van der Waals surface area contributed by atoms with Crippen molar-refractivity contribution in [3.8, 4) is 0 Å². The molecule has 10 nitrogen and oxygen atoms in total. The predicted molar refractivity (Wildman–Crippen MR) is 77.0 cm³/mol. The molecule has 0 bridgehead atoms. The molecule has 116 valence electrons. The Morgan fingerprint density at radius 2 is 2.27 bits per heavy atom. The molecule has 0 spiro atoms. The molecular formula is C12H16N8O2. The molecule has 2 aromatic rings. The van der Waals surface area contributed by atoms with Crippen LogP contribution in [-0.2, 0) is 0 Å². The Labute approximate surface area is 126 Å². The summed E-state index contributed by atoms with van der Waals surface area (Å²) in [6.45, 7) is 1.45. The molecule has 22 heavy (non-hydrogen) atoms. The van der Waals surface area contributed by atoms with Crippen LogP contribution in [0.3, 0.4) is 0 Å². The van der Waals surface area contributed by atoms with Crippen LogP contribution in [-0.4, -0.2) is 73.6 Å². The van der Waals surface area contributed by atoms with E-state index in [1.165, 1.54) is 11.1 Å². The topological polar surface area (TPSA) is 137 Å². The number of carbonyl (C=O) groups is 1. The lowest BCUT2D eigenvalue weighted by atomic mass is 10.3. The molecule has 0 aliphatic carbocycles. The van der Waals surface area contributed by atoms with Crippen molar-refractivity contribution in [2.24, 2.45) is 0 Å². The van der Waals surface area contributed by atoms with Crippen molar-refractivity contribution < 1.29 is 9.90 Å². The van der Waals surface area contributed by atoms with Gasteiger partial charge in [0.2, 0.25) is 5.95 Å². The van der Waals surface area contributed by atoms with Crippen LogP contribution >= 0.6 is 0 Å². The molecule has 1 fully saturated rings. The van der Waals surface area contributed by atoms with E-state index < -0.39 is 6.10 Å². The Morgan fingerprint density at radius 3 is 3.00 bits per heavy atom. The summed E-state index contributed by atoms with van der Waals surface area (Å²) in [6, 6.07) is 1.60. The van der Waals surface area contributed by atoms with Crippen LogP contribution in [0.5, 0.6) is 0 Å². The molecule has 0 aromatic carbocycles. The van der Waals surface area contributed by atoms with Crippen molar-refractivity contribution in [1.29, 1.82) is 0 Å². The average molecular weight is 304 g/mol. The first-order valence-electron chi connectivity index (χ1n) is 6.80. The summed E-state index contributed by atoms with van der Waals surface area (Å²) < 4.78 is 0. The zero-order valence-corrected chi connectivity index (χ0v) is 11.8. The molecule has 3 rings (SSSR count). The highest BCUT2D eigenvalue weighted by molar-refractivity contribution is 5.92. The maximum absolute atomic E-state index is 12.3. The Hall–Kier alpha value is -2.75. The molecule has 1 aliphatic rings. The number of nitrogens with zero attached hydrogens (tertiary/aromatic N) is 6. The van der Waals surface area contributed by atoms with Gasteiger partial charge in [-0.05, 0) is 6.07 Å². The van der Waals surface area contributed by atoms with Gasteiger partial charge in [0.15, 0.2) is 5.69 Å². The number of β-amino-alcohol motifs (C(OH)–C–C–N with tert-alkyl or cyclic N) is 1. The highest BCUT2D eigenvalue weighted by Gasteiger charge is 2.27. The molecule has 0 radical (unpaired) electrons. The number of amides is 1. The quantitative estimate of drug-likeness (QED) is 0.609. The van der Waals surface area contributed by atoms with E-state index in [1.807, 2.05) is 0 Å². The van der Waals surface area contributed by atoms with E-state index in [0.717, 1.165) is 0 Å². The molecule has 1 amide bonds. The van der Waals surface area contributed by atoms with Crippen molar-refractivity contribution >= 4 is 17.7 Å². The van der Waals surface area contributed by atoms with Gasteiger partial charge in [0.05, 0.1) is 12.3 Å². The lowest BCUT2D eigenvalue weighted by Crippen LogP contribution is -2.37. The number of aliphatic hydroxyl groups excluding tert-OH is 1. The van der Waals surface area contributed by atoms with Gasteiger partial charge in [-0.3, -0.25) is 4.79 Å². The summed E-state index contributed by atoms with van der Waals surface area (Å²) in [4.78, 5) is 23.9. The molecule has 3 heterocycles. The van der Waals surface area contributed by atoms with Crippen LogP contribution < -0.4 is 10.6 Å². The van der Waals surface area contributed by atoms with Gasteiger partial charge in [0.1, 0.15) is 5.82 Å². The highest BCUT2D eigenvalue weighted by atomic mass is 16.3. The molecule has 0 unspecified atom stereocenters. The van der Waals surface area contributed by atoms with Crippen LogP contribution in [0.4, 0.5) is 11.8 Å². The minimum atomic E-state index is -0.719. The van der Waals surface area contributed by atoms with E-state index in [9.17, 15) is 9.90 Å². The number of carbonyl (C=O) groups excluding carboxylic acids is 1. The van der Waals surface area contributed by atoms with Gasteiger partial charge in [0, 0.05) is 32.4 Å². The number of nitrogens with one attached hydrogen (secondary N) is 1. The third kappa shape index (κ3) is 2.96. The number of rotatable bonds is 2. The summed E-state index contributed by atoms with van der Waals surface area (Å²) in [5, 5.41) is 19.9. The number of hydrogen-bond acceptors (Lipinski definition) is 8. The van der Waals surface area contributed by atoms with E-state index in [0.29, 0.717) is 31.4 Å². The normalized spacial score (nSPS) is 19.0. The number of aromatic nitrogens is 5. The first-order chi connectivity index (χ1) is 10.6. The molecule has 1 saturated heterocycles. The summed E-state index contributed by atoms with van der Waals surface area (Å²) >= 11 is 0. The minimum Gasteiger partial charge on any atom is -0.389 e. The lowest BCUT2D eigenvalue weighted by molar-refractivity contribution is 0.0668. The zero-order chi connectivity index (χ0) is 15.5. The van der Waals surface area contributed by atoms with Crippen molar-refractivity contribution in [2.75, 3.05) is 36.8 Å². The maximum Gasteiger partial charge on any atom is 0.276 e. The number of H-pyrrole nitrogens is 1. The first kappa shape index (κ1) is 14.2. The van der Waals surface area contributed by atoms with Crippen LogP contribution in [0.25, 0.3) is 0 Å². The van der Waals surface area contributed by atoms with Crippen LogP contribution in [0, 0.1) is 0 Å². The zero-order valence-electron chi connectivity index (χ0n) is 11.8. The Bertz CT molecular complexity index is 646. The lowest BCUT2D eigenvalue weighted by Gasteiger charge is -2.21. The molecule has 2 aromatic heterocycles. The Kier molecular flexibility index (Phi) is 3.83. The SMILES string of the molecule is Nc1ccnc(N2CCN(C(=O)c3cn[nH]n3)C[C@H](O)C2)n1. The fraction of sp³-hybridized carbons (Fsp3) is 0.417. The smallest absolute Gasteiger partial charge is 0.276 e. The fourth-order valence-electron chi connectivity index (χ4n) is 2.34. The summed E-state index contributed by atoms with van der Waals surface area (Å²) in [6.07, 6.45) is 2.20. The second-order valence-electron chi connectivity index (χ2n) is 4.99. The fourth-order valence-corrected chi connectivity index (χ4v) is 2.34. The van der Waals surface area contributed by atoms with Crippen molar-refractivity contribution in [3.63, 3.8) is 0 Å². The van der Waals surface area contributed by atoms with E-state index in [1.54, 1.807) is 17.2 Å². The highest BCUT2D eigenvalue weighted by Crippen LogP contribution is 2.13. The molecule has 0 saturated carbocycles. The third-order valence-electron chi connectivity index (χ3n) is 3.37. The minimum absolute atomic E-state index is 0.213. The molecule has 10 heteroatoms. The first-order valence-corrected chi connectivity index (χ1v) is 6.80. The molecular weight excluding hydrogens is 288 g/mol. The maximum atomic E-state index is 12.3.